The third-order valence-corrected chi connectivity index (χ3v) is 4.39. The summed E-state index contributed by atoms with van der Waals surface area (Å²) in [6.07, 6.45) is 0.446. The molecule has 0 aliphatic rings. The summed E-state index contributed by atoms with van der Waals surface area (Å²) < 4.78 is 13.9. The van der Waals surface area contributed by atoms with E-state index in [1.54, 1.807) is 24.3 Å². The van der Waals surface area contributed by atoms with Crippen molar-refractivity contribution in [2.24, 2.45) is 5.73 Å². The van der Waals surface area contributed by atoms with Gasteiger partial charge in [-0.25, -0.2) is 4.39 Å². The predicted octanol–water partition coefficient (Wildman–Crippen LogP) is 5.14. The molecule has 1 atom stereocenters. The van der Waals surface area contributed by atoms with E-state index < -0.39 is 0 Å². The Labute approximate surface area is 129 Å². The van der Waals surface area contributed by atoms with E-state index in [9.17, 15) is 4.39 Å². The van der Waals surface area contributed by atoms with Gasteiger partial charge in [0, 0.05) is 21.7 Å². The van der Waals surface area contributed by atoms with E-state index in [2.05, 4.69) is 15.9 Å². The Morgan fingerprint density at radius 3 is 2.32 bits per heavy atom. The molecule has 0 saturated heterocycles. The largest absolute Gasteiger partial charge is 0.324 e. The maximum Gasteiger partial charge on any atom is 0.137 e. The van der Waals surface area contributed by atoms with E-state index in [1.165, 1.54) is 6.07 Å². The highest BCUT2D eigenvalue weighted by atomic mass is 79.9. The van der Waals surface area contributed by atoms with Crippen molar-refractivity contribution in [3.8, 4) is 0 Å². The number of hydrogen-bond donors (Lipinski definition) is 1. The first-order valence-electron chi connectivity index (χ1n) is 5.63. The fraction of sp³-hybridized carbons (Fsp3) is 0.143. The van der Waals surface area contributed by atoms with Gasteiger partial charge in [-0.3, -0.25) is 0 Å². The minimum Gasteiger partial charge on any atom is -0.324 e. The zero-order valence-corrected chi connectivity index (χ0v) is 12.9. The van der Waals surface area contributed by atoms with Gasteiger partial charge in [0.25, 0.3) is 0 Å². The first-order valence-corrected chi connectivity index (χ1v) is 7.18. The van der Waals surface area contributed by atoms with Crippen LogP contribution in [0.1, 0.15) is 17.2 Å². The Hall–Kier alpha value is -0.610. The van der Waals surface area contributed by atoms with Crippen molar-refractivity contribution in [3.05, 3.63) is 67.9 Å². The van der Waals surface area contributed by atoms with Gasteiger partial charge >= 0.3 is 0 Å². The molecule has 100 valence electrons. The average Bonchev–Trinajstić information content (AvgIpc) is 2.35. The van der Waals surface area contributed by atoms with E-state index in [0.29, 0.717) is 26.5 Å². The third-order valence-electron chi connectivity index (χ3n) is 2.84. The summed E-state index contributed by atoms with van der Waals surface area (Å²) in [7, 11) is 0. The molecule has 0 radical (unpaired) electrons. The highest BCUT2D eigenvalue weighted by molar-refractivity contribution is 9.10. The molecule has 5 heteroatoms. The molecule has 0 bridgehead atoms. The van der Waals surface area contributed by atoms with Crippen LogP contribution >= 0.6 is 39.1 Å². The van der Waals surface area contributed by atoms with Gasteiger partial charge in [-0.1, -0.05) is 41.4 Å². The van der Waals surface area contributed by atoms with Crippen LogP contribution in [0.2, 0.25) is 10.0 Å². The molecule has 0 heterocycles. The molecule has 2 aromatic rings. The Balaban J connectivity index is 2.31. The second kappa shape index (κ2) is 6.23. The minimum atomic E-state index is -0.390. The molecule has 0 aliphatic heterocycles. The van der Waals surface area contributed by atoms with Crippen molar-refractivity contribution < 1.29 is 4.39 Å². The molecule has 2 rings (SSSR count). The summed E-state index contributed by atoms with van der Waals surface area (Å²) in [5, 5.41) is 1.04. The SMILES string of the molecule is NC(Cc1cccc(F)c1Br)c1c(Cl)cccc1Cl. The lowest BCUT2D eigenvalue weighted by Gasteiger charge is -2.16. The molecule has 0 amide bonds. The molecule has 0 fully saturated rings. The Bertz CT molecular complexity index is 584. The van der Waals surface area contributed by atoms with E-state index in [4.69, 9.17) is 28.9 Å². The maximum absolute atomic E-state index is 13.5. The molecule has 2 N–H and O–H groups in total. The number of nitrogens with two attached hydrogens (primary N) is 1. The second-order valence-electron chi connectivity index (χ2n) is 4.16. The molecule has 1 nitrogen and oxygen atoms in total. The van der Waals surface area contributed by atoms with Crippen LogP contribution in [0.15, 0.2) is 40.9 Å². The lowest BCUT2D eigenvalue weighted by atomic mass is 9.99. The van der Waals surface area contributed by atoms with Crippen LogP contribution in [-0.2, 0) is 6.42 Å². The fourth-order valence-corrected chi connectivity index (χ4v) is 3.01. The van der Waals surface area contributed by atoms with Crippen LogP contribution in [0.25, 0.3) is 0 Å². The lowest BCUT2D eigenvalue weighted by Crippen LogP contribution is -2.15. The van der Waals surface area contributed by atoms with Crippen LogP contribution in [0.3, 0.4) is 0 Å². The van der Waals surface area contributed by atoms with Crippen LogP contribution in [0, 0.1) is 5.82 Å². The highest BCUT2D eigenvalue weighted by Crippen LogP contribution is 2.32. The van der Waals surface area contributed by atoms with Gasteiger partial charge < -0.3 is 5.73 Å². The molecule has 2 aromatic carbocycles. The Morgan fingerprint density at radius 1 is 1.11 bits per heavy atom. The first kappa shape index (κ1) is 14.8. The number of rotatable bonds is 3. The number of hydrogen-bond acceptors (Lipinski definition) is 1. The molecule has 1 unspecified atom stereocenters. The van der Waals surface area contributed by atoms with Crippen molar-refractivity contribution >= 4 is 39.1 Å². The van der Waals surface area contributed by atoms with Crippen molar-refractivity contribution in [1.29, 1.82) is 0 Å². The highest BCUT2D eigenvalue weighted by Gasteiger charge is 2.16. The van der Waals surface area contributed by atoms with Gasteiger partial charge in [0.2, 0.25) is 0 Å². The van der Waals surface area contributed by atoms with Crippen molar-refractivity contribution in [1.82, 2.24) is 0 Å². The summed E-state index contributed by atoms with van der Waals surface area (Å²) in [6.45, 7) is 0. The van der Waals surface area contributed by atoms with E-state index >= 15 is 0 Å². The monoisotopic (exact) mass is 361 g/mol. The van der Waals surface area contributed by atoms with Crippen LogP contribution in [0.4, 0.5) is 4.39 Å². The zero-order valence-electron chi connectivity index (χ0n) is 9.84. The van der Waals surface area contributed by atoms with Gasteiger partial charge in [-0.15, -0.1) is 0 Å². The molecule has 0 aliphatic carbocycles. The zero-order chi connectivity index (χ0) is 14.0. The summed E-state index contributed by atoms with van der Waals surface area (Å²) in [4.78, 5) is 0. The van der Waals surface area contributed by atoms with Crippen molar-refractivity contribution in [2.45, 2.75) is 12.5 Å². The standard InChI is InChI=1S/C14H11BrCl2FN/c15-14-8(3-1-6-11(14)18)7-12(19)13-9(16)4-2-5-10(13)17/h1-6,12H,7,19H2. The first-order chi connectivity index (χ1) is 9.00. The predicted molar refractivity (Wildman–Crippen MR) is 81.2 cm³/mol. The second-order valence-corrected chi connectivity index (χ2v) is 5.77. The molecule has 0 spiro atoms. The van der Waals surface area contributed by atoms with Crippen molar-refractivity contribution in [2.75, 3.05) is 0 Å². The third kappa shape index (κ3) is 3.29. The van der Waals surface area contributed by atoms with Crippen LogP contribution < -0.4 is 5.73 Å². The van der Waals surface area contributed by atoms with Gasteiger partial charge in [-0.05, 0) is 46.1 Å². The Morgan fingerprint density at radius 2 is 1.68 bits per heavy atom. The van der Waals surface area contributed by atoms with Crippen LogP contribution in [-0.4, -0.2) is 0 Å². The van der Waals surface area contributed by atoms with E-state index in [0.717, 1.165) is 5.56 Å². The molecule has 0 aromatic heterocycles. The lowest BCUT2D eigenvalue weighted by molar-refractivity contribution is 0.614. The number of benzene rings is 2. The summed E-state index contributed by atoms with van der Waals surface area (Å²) >= 11 is 15.4. The van der Waals surface area contributed by atoms with Gasteiger partial charge in [0.1, 0.15) is 5.82 Å². The van der Waals surface area contributed by atoms with Gasteiger partial charge in [0.15, 0.2) is 0 Å². The van der Waals surface area contributed by atoms with Gasteiger partial charge in [-0.2, -0.15) is 0 Å². The maximum atomic E-state index is 13.5. The van der Waals surface area contributed by atoms with E-state index in [1.807, 2.05) is 6.07 Å². The minimum absolute atomic E-state index is 0.310. The van der Waals surface area contributed by atoms with Crippen LogP contribution in [0.5, 0.6) is 0 Å². The normalized spacial score (nSPS) is 12.5. The molecular formula is C14H11BrCl2FN. The topological polar surface area (TPSA) is 26.0 Å². The molecule has 0 saturated carbocycles. The summed E-state index contributed by atoms with van der Waals surface area (Å²) in [6, 6.07) is 9.71. The smallest absolute Gasteiger partial charge is 0.137 e. The molecular weight excluding hydrogens is 352 g/mol. The average molecular weight is 363 g/mol. The quantitative estimate of drug-likeness (QED) is 0.803. The number of halogens is 4. The Kier molecular flexibility index (Phi) is 4.85. The van der Waals surface area contributed by atoms with E-state index in [-0.39, 0.29) is 11.9 Å². The summed E-state index contributed by atoms with van der Waals surface area (Å²) in [5.41, 5.74) is 7.60. The fourth-order valence-electron chi connectivity index (χ4n) is 1.91. The molecule has 19 heavy (non-hydrogen) atoms. The van der Waals surface area contributed by atoms with Crippen molar-refractivity contribution in [3.63, 3.8) is 0 Å². The van der Waals surface area contributed by atoms with Gasteiger partial charge in [0.05, 0.1) is 4.47 Å². The summed E-state index contributed by atoms with van der Waals surface area (Å²) in [5.74, 6) is -0.310.